The van der Waals surface area contributed by atoms with Gasteiger partial charge < -0.3 is 15.2 Å². The molecule has 0 fully saturated rings. The number of aliphatic hydroxyl groups excluding tert-OH is 1. The van der Waals surface area contributed by atoms with Crippen molar-refractivity contribution in [2.24, 2.45) is 0 Å². The first-order chi connectivity index (χ1) is 8.63. The highest BCUT2D eigenvalue weighted by molar-refractivity contribution is 5.94. The topological polar surface area (TPSA) is 58.6 Å². The highest BCUT2D eigenvalue weighted by atomic mass is 16.6. The van der Waals surface area contributed by atoms with Crippen LogP contribution in [0.4, 0.5) is 0 Å². The Labute approximate surface area is 108 Å². The molecule has 0 radical (unpaired) electrons. The molecule has 1 atom stereocenters. The Morgan fingerprint density at radius 1 is 1.39 bits per heavy atom. The van der Waals surface area contributed by atoms with Gasteiger partial charge in [0.05, 0.1) is 0 Å². The molecule has 4 nitrogen and oxygen atoms in total. The summed E-state index contributed by atoms with van der Waals surface area (Å²) in [6, 6.07) is 7.43. The van der Waals surface area contributed by atoms with E-state index in [1.54, 1.807) is 12.1 Å². The lowest BCUT2D eigenvalue weighted by Gasteiger charge is -2.10. The molecule has 0 aliphatic rings. The van der Waals surface area contributed by atoms with Crippen molar-refractivity contribution in [3.05, 3.63) is 35.4 Å². The summed E-state index contributed by atoms with van der Waals surface area (Å²) in [6.45, 7) is 4.85. The van der Waals surface area contributed by atoms with Crippen LogP contribution in [-0.4, -0.2) is 30.5 Å². The third kappa shape index (κ3) is 5.29. The summed E-state index contributed by atoms with van der Waals surface area (Å²) in [7, 11) is 0. The number of aliphatic hydroxyl groups is 1. The second kappa shape index (κ2) is 7.84. The molecule has 1 unspecified atom stereocenters. The first kappa shape index (κ1) is 14.7. The van der Waals surface area contributed by atoms with Gasteiger partial charge in [0, 0.05) is 18.7 Å². The second-order valence-corrected chi connectivity index (χ2v) is 4.17. The zero-order valence-corrected chi connectivity index (χ0v) is 11.0. The minimum atomic E-state index is -0.730. The van der Waals surface area contributed by atoms with Crippen molar-refractivity contribution in [2.75, 3.05) is 13.2 Å². The first-order valence-electron chi connectivity index (χ1n) is 6.28. The van der Waals surface area contributed by atoms with E-state index in [1.807, 2.05) is 26.0 Å². The summed E-state index contributed by atoms with van der Waals surface area (Å²) in [6.07, 6.45) is 0.493. The zero-order chi connectivity index (χ0) is 13.4. The maximum Gasteiger partial charge on any atom is 0.251 e. The molecule has 100 valence electrons. The van der Waals surface area contributed by atoms with E-state index in [9.17, 15) is 9.90 Å². The van der Waals surface area contributed by atoms with Crippen molar-refractivity contribution in [3.8, 4) is 0 Å². The fourth-order valence-electron chi connectivity index (χ4n) is 1.56. The van der Waals surface area contributed by atoms with E-state index < -0.39 is 6.29 Å². The highest BCUT2D eigenvalue weighted by Crippen LogP contribution is 2.03. The SMILES string of the molecule is CCOC(O)CCCNC(=O)c1ccc(C)cc1. The monoisotopic (exact) mass is 251 g/mol. The number of hydrogen-bond donors (Lipinski definition) is 2. The Hall–Kier alpha value is -1.39. The number of amides is 1. The van der Waals surface area contributed by atoms with Crippen molar-refractivity contribution in [1.29, 1.82) is 0 Å². The number of benzene rings is 1. The van der Waals surface area contributed by atoms with Crippen LogP contribution in [0.5, 0.6) is 0 Å². The van der Waals surface area contributed by atoms with Gasteiger partial charge in [0.2, 0.25) is 0 Å². The summed E-state index contributed by atoms with van der Waals surface area (Å²) in [5, 5.41) is 12.1. The van der Waals surface area contributed by atoms with E-state index in [4.69, 9.17) is 4.74 Å². The maximum absolute atomic E-state index is 11.7. The van der Waals surface area contributed by atoms with Crippen LogP contribution in [0.25, 0.3) is 0 Å². The van der Waals surface area contributed by atoms with Crippen LogP contribution < -0.4 is 5.32 Å². The van der Waals surface area contributed by atoms with Crippen molar-refractivity contribution >= 4 is 5.91 Å². The summed E-state index contributed by atoms with van der Waals surface area (Å²) >= 11 is 0. The van der Waals surface area contributed by atoms with Crippen LogP contribution in [0, 0.1) is 6.92 Å². The average Bonchev–Trinajstić information content (AvgIpc) is 2.35. The average molecular weight is 251 g/mol. The van der Waals surface area contributed by atoms with Crippen LogP contribution in [0.3, 0.4) is 0 Å². The van der Waals surface area contributed by atoms with Gasteiger partial charge in [-0.3, -0.25) is 4.79 Å². The van der Waals surface area contributed by atoms with Crippen molar-refractivity contribution in [1.82, 2.24) is 5.32 Å². The van der Waals surface area contributed by atoms with Crippen molar-refractivity contribution in [3.63, 3.8) is 0 Å². The molecule has 4 heteroatoms. The smallest absolute Gasteiger partial charge is 0.251 e. The fraction of sp³-hybridized carbons (Fsp3) is 0.500. The largest absolute Gasteiger partial charge is 0.368 e. The maximum atomic E-state index is 11.7. The fourth-order valence-corrected chi connectivity index (χ4v) is 1.56. The number of carbonyl (C=O) groups excluding carboxylic acids is 1. The highest BCUT2D eigenvalue weighted by Gasteiger charge is 2.05. The Bertz CT molecular complexity index is 362. The molecule has 2 N–H and O–H groups in total. The molecule has 18 heavy (non-hydrogen) atoms. The Morgan fingerprint density at radius 3 is 2.67 bits per heavy atom. The molecular formula is C14H21NO3. The van der Waals surface area contributed by atoms with Crippen LogP contribution >= 0.6 is 0 Å². The number of nitrogens with one attached hydrogen (secondary N) is 1. The molecular weight excluding hydrogens is 230 g/mol. The quantitative estimate of drug-likeness (QED) is 0.574. The predicted molar refractivity (Wildman–Crippen MR) is 70.4 cm³/mol. The Kier molecular flexibility index (Phi) is 6.39. The normalized spacial score (nSPS) is 12.2. The van der Waals surface area contributed by atoms with Gasteiger partial charge in [-0.25, -0.2) is 0 Å². The standard InChI is InChI=1S/C14H21NO3/c1-3-18-13(16)5-4-10-15-14(17)12-8-6-11(2)7-9-12/h6-9,13,16H,3-5,10H2,1-2H3,(H,15,17). The molecule has 1 aromatic rings. The summed E-state index contributed by atoms with van der Waals surface area (Å²) in [4.78, 5) is 11.7. The Morgan fingerprint density at radius 2 is 2.06 bits per heavy atom. The van der Waals surface area contributed by atoms with Gasteiger partial charge in [-0.1, -0.05) is 17.7 Å². The third-order valence-electron chi connectivity index (χ3n) is 2.59. The molecule has 0 saturated carbocycles. The van der Waals surface area contributed by atoms with Gasteiger partial charge in [-0.15, -0.1) is 0 Å². The lowest BCUT2D eigenvalue weighted by molar-refractivity contribution is -0.0989. The van der Waals surface area contributed by atoms with Crippen LogP contribution in [0.15, 0.2) is 24.3 Å². The number of carbonyl (C=O) groups is 1. The molecule has 1 amide bonds. The van der Waals surface area contributed by atoms with Crippen LogP contribution in [0.1, 0.15) is 35.7 Å². The van der Waals surface area contributed by atoms with E-state index >= 15 is 0 Å². The minimum absolute atomic E-state index is 0.0825. The van der Waals surface area contributed by atoms with Gasteiger partial charge in [-0.2, -0.15) is 0 Å². The summed E-state index contributed by atoms with van der Waals surface area (Å²) in [5.41, 5.74) is 1.79. The number of hydrogen-bond acceptors (Lipinski definition) is 3. The molecule has 0 spiro atoms. The summed E-state index contributed by atoms with van der Waals surface area (Å²) in [5.74, 6) is -0.0825. The molecule has 1 rings (SSSR count). The van der Waals surface area contributed by atoms with E-state index in [-0.39, 0.29) is 5.91 Å². The van der Waals surface area contributed by atoms with Gasteiger partial charge in [-0.05, 0) is 38.8 Å². The van der Waals surface area contributed by atoms with E-state index in [0.717, 1.165) is 5.56 Å². The molecule has 0 aliphatic heterocycles. The molecule has 0 aliphatic carbocycles. The van der Waals surface area contributed by atoms with Gasteiger partial charge in [0.25, 0.3) is 5.91 Å². The van der Waals surface area contributed by atoms with Gasteiger partial charge in [0.15, 0.2) is 6.29 Å². The lowest BCUT2D eigenvalue weighted by Crippen LogP contribution is -2.25. The molecule has 1 aromatic carbocycles. The molecule has 0 aromatic heterocycles. The lowest BCUT2D eigenvalue weighted by atomic mass is 10.1. The Balaban J connectivity index is 2.23. The van der Waals surface area contributed by atoms with Gasteiger partial charge >= 0.3 is 0 Å². The molecule has 0 saturated heterocycles. The van der Waals surface area contributed by atoms with E-state index in [0.29, 0.717) is 31.6 Å². The first-order valence-corrected chi connectivity index (χ1v) is 6.28. The number of rotatable bonds is 7. The minimum Gasteiger partial charge on any atom is -0.368 e. The van der Waals surface area contributed by atoms with Crippen LogP contribution in [-0.2, 0) is 4.74 Å². The van der Waals surface area contributed by atoms with Crippen molar-refractivity contribution < 1.29 is 14.6 Å². The van der Waals surface area contributed by atoms with E-state index in [2.05, 4.69) is 5.32 Å². The van der Waals surface area contributed by atoms with Crippen molar-refractivity contribution in [2.45, 2.75) is 33.0 Å². The number of ether oxygens (including phenoxy) is 1. The van der Waals surface area contributed by atoms with Gasteiger partial charge in [0.1, 0.15) is 0 Å². The third-order valence-corrected chi connectivity index (χ3v) is 2.59. The molecule has 0 bridgehead atoms. The summed E-state index contributed by atoms with van der Waals surface area (Å²) < 4.78 is 4.99. The predicted octanol–water partition coefficient (Wildman–Crippen LogP) is 1.86. The number of aryl methyl sites for hydroxylation is 1. The zero-order valence-electron chi connectivity index (χ0n) is 11.0. The molecule has 0 heterocycles. The van der Waals surface area contributed by atoms with E-state index in [1.165, 1.54) is 0 Å². The van der Waals surface area contributed by atoms with Crippen LogP contribution in [0.2, 0.25) is 0 Å². The second-order valence-electron chi connectivity index (χ2n) is 4.17.